The summed E-state index contributed by atoms with van der Waals surface area (Å²) in [5.41, 5.74) is 7.34. The number of morpholine rings is 1. The van der Waals surface area contributed by atoms with E-state index in [0.29, 0.717) is 6.04 Å². The topological polar surface area (TPSA) is 71.6 Å². The lowest BCUT2D eigenvalue weighted by Crippen LogP contribution is -2.43. The maximum Gasteiger partial charge on any atom is 0.123 e. The van der Waals surface area contributed by atoms with Gasteiger partial charge in [0.2, 0.25) is 0 Å². The molecule has 1 saturated heterocycles. The second-order valence-corrected chi connectivity index (χ2v) is 4.83. The van der Waals surface area contributed by atoms with Gasteiger partial charge < -0.3 is 15.2 Å². The molecule has 1 heterocycles. The summed E-state index contributed by atoms with van der Waals surface area (Å²) in [7, 11) is 1.66. The third kappa shape index (κ3) is 3.24. The van der Waals surface area contributed by atoms with Gasteiger partial charge >= 0.3 is 0 Å². The molecule has 1 aromatic carbocycles. The fraction of sp³-hybridized carbons (Fsp3) is 0.500. The summed E-state index contributed by atoms with van der Waals surface area (Å²) in [5.74, 6) is 0.919. The molecule has 104 valence electrons. The number of rotatable bonds is 4. The van der Waals surface area contributed by atoms with Crippen molar-refractivity contribution < 1.29 is 9.47 Å². The maximum absolute atomic E-state index is 7.52. The number of nitrogens with zero attached hydrogens (tertiary/aromatic N) is 1. The van der Waals surface area contributed by atoms with E-state index in [-0.39, 0.29) is 5.84 Å². The summed E-state index contributed by atoms with van der Waals surface area (Å²) in [6.07, 6.45) is 0. The van der Waals surface area contributed by atoms with Crippen molar-refractivity contribution in [2.45, 2.75) is 19.5 Å². The van der Waals surface area contributed by atoms with Gasteiger partial charge in [-0.25, -0.2) is 0 Å². The van der Waals surface area contributed by atoms with Crippen LogP contribution in [0.1, 0.15) is 18.1 Å². The van der Waals surface area contributed by atoms with Gasteiger partial charge in [0.15, 0.2) is 0 Å². The Kier molecular flexibility index (Phi) is 4.39. The standard InChI is InChI=1S/C14H21N3O2/c1-10-9-19-6-5-17(10)8-12-7-11(14(15)16)3-4-13(12)18-2/h3-4,7,10H,5-6,8-9H2,1-2H3,(H3,15,16). The number of ether oxygens (including phenoxy) is 2. The zero-order valence-corrected chi connectivity index (χ0v) is 11.5. The lowest BCUT2D eigenvalue weighted by molar-refractivity contribution is -0.00464. The highest BCUT2D eigenvalue weighted by molar-refractivity contribution is 5.95. The lowest BCUT2D eigenvalue weighted by Gasteiger charge is -2.33. The molecular weight excluding hydrogens is 242 g/mol. The van der Waals surface area contributed by atoms with Crippen molar-refractivity contribution in [2.24, 2.45) is 5.73 Å². The lowest BCUT2D eigenvalue weighted by atomic mass is 10.1. The fourth-order valence-electron chi connectivity index (χ4n) is 2.28. The third-order valence-electron chi connectivity index (χ3n) is 3.47. The Morgan fingerprint density at radius 1 is 1.58 bits per heavy atom. The van der Waals surface area contributed by atoms with Gasteiger partial charge in [-0.05, 0) is 25.1 Å². The average molecular weight is 263 g/mol. The normalized spacial score (nSPS) is 20.2. The van der Waals surface area contributed by atoms with E-state index < -0.39 is 0 Å². The number of amidine groups is 1. The van der Waals surface area contributed by atoms with Gasteiger partial charge in [-0.2, -0.15) is 0 Å². The van der Waals surface area contributed by atoms with Gasteiger partial charge in [-0.1, -0.05) is 0 Å². The molecule has 1 atom stereocenters. The van der Waals surface area contributed by atoms with Crippen LogP contribution in [0, 0.1) is 5.41 Å². The molecule has 1 aliphatic rings. The van der Waals surface area contributed by atoms with Gasteiger partial charge in [0.1, 0.15) is 11.6 Å². The monoisotopic (exact) mass is 263 g/mol. The minimum Gasteiger partial charge on any atom is -0.496 e. The highest BCUT2D eigenvalue weighted by Gasteiger charge is 2.20. The summed E-state index contributed by atoms with van der Waals surface area (Å²) < 4.78 is 10.8. The second-order valence-electron chi connectivity index (χ2n) is 4.83. The molecule has 5 nitrogen and oxygen atoms in total. The summed E-state index contributed by atoms with van der Waals surface area (Å²) in [6, 6.07) is 6.01. The summed E-state index contributed by atoms with van der Waals surface area (Å²) in [6.45, 7) is 5.37. The van der Waals surface area contributed by atoms with E-state index in [0.717, 1.165) is 43.2 Å². The Labute approximate surface area is 113 Å². The minimum atomic E-state index is 0.0823. The molecule has 19 heavy (non-hydrogen) atoms. The second kappa shape index (κ2) is 6.04. The van der Waals surface area contributed by atoms with Crippen molar-refractivity contribution in [3.63, 3.8) is 0 Å². The molecule has 0 aromatic heterocycles. The first-order chi connectivity index (χ1) is 9.11. The number of benzene rings is 1. The molecule has 0 bridgehead atoms. The van der Waals surface area contributed by atoms with Crippen molar-refractivity contribution in [1.29, 1.82) is 5.41 Å². The first-order valence-corrected chi connectivity index (χ1v) is 6.45. The van der Waals surface area contributed by atoms with Crippen molar-refractivity contribution in [3.8, 4) is 5.75 Å². The van der Waals surface area contributed by atoms with Crippen molar-refractivity contribution >= 4 is 5.84 Å². The number of hydrogen-bond donors (Lipinski definition) is 2. The molecule has 0 amide bonds. The number of nitrogens with one attached hydrogen (secondary N) is 1. The van der Waals surface area contributed by atoms with Gasteiger partial charge in [0.05, 0.1) is 20.3 Å². The number of methoxy groups -OCH3 is 1. The van der Waals surface area contributed by atoms with E-state index in [1.165, 1.54) is 0 Å². The van der Waals surface area contributed by atoms with E-state index in [9.17, 15) is 0 Å². The quantitative estimate of drug-likeness (QED) is 0.632. The molecule has 1 fully saturated rings. The fourth-order valence-corrected chi connectivity index (χ4v) is 2.28. The highest BCUT2D eigenvalue weighted by Crippen LogP contribution is 2.23. The first-order valence-electron chi connectivity index (χ1n) is 6.45. The van der Waals surface area contributed by atoms with Gasteiger partial charge in [-0.3, -0.25) is 10.3 Å². The Bertz CT molecular complexity index is 462. The Balaban J connectivity index is 2.21. The highest BCUT2D eigenvalue weighted by atomic mass is 16.5. The van der Waals surface area contributed by atoms with E-state index in [2.05, 4.69) is 11.8 Å². The van der Waals surface area contributed by atoms with Crippen molar-refractivity contribution in [3.05, 3.63) is 29.3 Å². The van der Waals surface area contributed by atoms with Crippen LogP contribution >= 0.6 is 0 Å². The minimum absolute atomic E-state index is 0.0823. The molecule has 0 saturated carbocycles. The van der Waals surface area contributed by atoms with Crippen LogP contribution < -0.4 is 10.5 Å². The van der Waals surface area contributed by atoms with E-state index in [4.69, 9.17) is 20.6 Å². The number of hydrogen-bond acceptors (Lipinski definition) is 4. The summed E-state index contributed by atoms with van der Waals surface area (Å²) >= 11 is 0. The van der Waals surface area contributed by atoms with Crippen LogP contribution in [0.2, 0.25) is 0 Å². The average Bonchev–Trinajstić information content (AvgIpc) is 2.41. The molecule has 5 heteroatoms. The van der Waals surface area contributed by atoms with Gasteiger partial charge in [0, 0.05) is 30.3 Å². The Morgan fingerprint density at radius 3 is 3.00 bits per heavy atom. The molecule has 0 radical (unpaired) electrons. The van der Waals surface area contributed by atoms with Crippen LogP contribution in [0.5, 0.6) is 5.75 Å². The van der Waals surface area contributed by atoms with Crippen LogP contribution in [-0.2, 0) is 11.3 Å². The summed E-state index contributed by atoms with van der Waals surface area (Å²) in [4.78, 5) is 2.35. The maximum atomic E-state index is 7.52. The molecule has 1 unspecified atom stereocenters. The van der Waals surface area contributed by atoms with Crippen LogP contribution in [-0.4, -0.2) is 43.6 Å². The third-order valence-corrected chi connectivity index (χ3v) is 3.47. The van der Waals surface area contributed by atoms with Crippen molar-refractivity contribution in [1.82, 2.24) is 4.90 Å². The van der Waals surface area contributed by atoms with Crippen LogP contribution in [0.3, 0.4) is 0 Å². The predicted molar refractivity (Wildman–Crippen MR) is 74.7 cm³/mol. The van der Waals surface area contributed by atoms with Crippen LogP contribution in [0.4, 0.5) is 0 Å². The van der Waals surface area contributed by atoms with Gasteiger partial charge in [0.25, 0.3) is 0 Å². The summed E-state index contributed by atoms with van der Waals surface area (Å²) in [5, 5.41) is 7.52. The first kappa shape index (κ1) is 13.8. The number of nitrogens with two attached hydrogens (primary N) is 1. The van der Waals surface area contributed by atoms with E-state index in [1.54, 1.807) is 7.11 Å². The number of nitrogen functional groups attached to an aromatic ring is 1. The molecule has 0 aliphatic carbocycles. The molecule has 2 rings (SSSR count). The van der Waals surface area contributed by atoms with Crippen LogP contribution in [0.25, 0.3) is 0 Å². The Hall–Kier alpha value is -1.59. The van der Waals surface area contributed by atoms with Gasteiger partial charge in [-0.15, -0.1) is 0 Å². The molecule has 0 spiro atoms. The molecule has 1 aliphatic heterocycles. The zero-order valence-electron chi connectivity index (χ0n) is 11.5. The van der Waals surface area contributed by atoms with E-state index >= 15 is 0 Å². The van der Waals surface area contributed by atoms with Crippen molar-refractivity contribution in [2.75, 3.05) is 26.9 Å². The van der Waals surface area contributed by atoms with Crippen LogP contribution in [0.15, 0.2) is 18.2 Å². The smallest absolute Gasteiger partial charge is 0.123 e. The van der Waals surface area contributed by atoms with E-state index in [1.807, 2.05) is 18.2 Å². The molecule has 3 N–H and O–H groups in total. The zero-order chi connectivity index (χ0) is 13.8. The molecular formula is C14H21N3O2. The predicted octanol–water partition coefficient (Wildman–Crippen LogP) is 1.20. The largest absolute Gasteiger partial charge is 0.496 e. The SMILES string of the molecule is COc1ccc(C(=N)N)cc1CN1CCOCC1C. The molecule has 1 aromatic rings. The Morgan fingerprint density at radius 2 is 2.37 bits per heavy atom.